The van der Waals surface area contributed by atoms with E-state index in [1.165, 1.54) is 0 Å². The van der Waals surface area contributed by atoms with E-state index in [2.05, 4.69) is 0 Å². The van der Waals surface area contributed by atoms with E-state index in [1.54, 1.807) is 0 Å². The minimum absolute atomic E-state index is 0.111. The molecule has 0 aromatic heterocycles. The molecule has 0 amide bonds. The normalized spacial score (nSPS) is 33.6. The van der Waals surface area contributed by atoms with Crippen LogP contribution in [0.5, 0.6) is 0 Å². The van der Waals surface area contributed by atoms with Crippen molar-refractivity contribution in [3.8, 4) is 0 Å². The zero-order valence-corrected chi connectivity index (χ0v) is 6.41. The van der Waals surface area contributed by atoms with Crippen LogP contribution in [0.2, 0.25) is 0 Å². The highest BCUT2D eigenvalue weighted by molar-refractivity contribution is 4.74. The summed E-state index contributed by atoms with van der Waals surface area (Å²) in [5.74, 6) is 0. The summed E-state index contributed by atoms with van der Waals surface area (Å²) in [6, 6.07) is 0. The third-order valence-electron chi connectivity index (χ3n) is 1.45. The van der Waals surface area contributed by atoms with Gasteiger partial charge in [-0.25, -0.2) is 0 Å². The summed E-state index contributed by atoms with van der Waals surface area (Å²) in [6.07, 6.45) is -0.372. The van der Waals surface area contributed by atoms with Crippen LogP contribution in [0.4, 0.5) is 0 Å². The molecule has 0 saturated carbocycles. The number of aliphatic hydroxyl groups is 1. The van der Waals surface area contributed by atoms with Gasteiger partial charge in [-0.3, -0.25) is 0 Å². The van der Waals surface area contributed by atoms with Gasteiger partial charge in [-0.15, -0.1) is 0 Å². The van der Waals surface area contributed by atoms with Gasteiger partial charge in [-0.05, 0) is 13.8 Å². The topological polar surface area (TPSA) is 38.7 Å². The van der Waals surface area contributed by atoms with Crippen molar-refractivity contribution in [3.63, 3.8) is 0 Å². The van der Waals surface area contributed by atoms with Crippen molar-refractivity contribution >= 4 is 0 Å². The SMILES string of the molecule is CC(C)O[C@@H]1COC[C@@H]1O. The van der Waals surface area contributed by atoms with Crippen LogP contribution in [0, 0.1) is 0 Å². The van der Waals surface area contributed by atoms with Crippen LogP contribution in [0.1, 0.15) is 13.8 Å². The summed E-state index contributed by atoms with van der Waals surface area (Å²) in [5, 5.41) is 9.19. The predicted octanol–water partition coefficient (Wildman–Crippen LogP) is 0.171. The molecule has 0 radical (unpaired) electrons. The van der Waals surface area contributed by atoms with Crippen LogP contribution < -0.4 is 0 Å². The zero-order valence-electron chi connectivity index (χ0n) is 6.41. The Labute approximate surface area is 60.9 Å². The Morgan fingerprint density at radius 3 is 2.60 bits per heavy atom. The molecule has 0 bridgehead atoms. The van der Waals surface area contributed by atoms with Crippen LogP contribution in [0.25, 0.3) is 0 Å². The second kappa shape index (κ2) is 3.32. The lowest BCUT2D eigenvalue weighted by Gasteiger charge is -2.16. The molecule has 1 aliphatic rings. The Hall–Kier alpha value is -0.120. The molecule has 0 aromatic carbocycles. The van der Waals surface area contributed by atoms with E-state index in [0.717, 1.165) is 0 Å². The van der Waals surface area contributed by atoms with Gasteiger partial charge in [0.2, 0.25) is 0 Å². The Balaban J connectivity index is 2.26. The molecule has 0 aliphatic carbocycles. The number of rotatable bonds is 2. The van der Waals surface area contributed by atoms with Gasteiger partial charge >= 0.3 is 0 Å². The van der Waals surface area contributed by atoms with Crippen molar-refractivity contribution in [1.29, 1.82) is 0 Å². The maximum Gasteiger partial charge on any atom is 0.109 e. The second-order valence-corrected chi connectivity index (χ2v) is 2.83. The van der Waals surface area contributed by atoms with Crippen LogP contribution in [-0.2, 0) is 9.47 Å². The lowest BCUT2D eigenvalue weighted by molar-refractivity contribution is -0.0410. The van der Waals surface area contributed by atoms with Gasteiger partial charge in [0.1, 0.15) is 12.2 Å². The third kappa shape index (κ3) is 1.94. The highest BCUT2D eigenvalue weighted by Crippen LogP contribution is 2.10. The lowest BCUT2D eigenvalue weighted by atomic mass is 10.2. The average molecular weight is 146 g/mol. The van der Waals surface area contributed by atoms with Gasteiger partial charge in [-0.2, -0.15) is 0 Å². The van der Waals surface area contributed by atoms with Crippen LogP contribution in [0.15, 0.2) is 0 Å². The Bertz CT molecular complexity index is 103. The van der Waals surface area contributed by atoms with Crippen LogP contribution >= 0.6 is 0 Å². The minimum Gasteiger partial charge on any atom is -0.388 e. The molecule has 0 unspecified atom stereocenters. The monoisotopic (exact) mass is 146 g/mol. The van der Waals surface area contributed by atoms with E-state index in [4.69, 9.17) is 9.47 Å². The van der Waals surface area contributed by atoms with Gasteiger partial charge in [0.05, 0.1) is 19.3 Å². The van der Waals surface area contributed by atoms with E-state index in [0.29, 0.717) is 13.2 Å². The van der Waals surface area contributed by atoms with Crippen molar-refractivity contribution in [2.75, 3.05) is 13.2 Å². The Kier molecular flexibility index (Phi) is 2.65. The number of hydrogen-bond donors (Lipinski definition) is 1. The van der Waals surface area contributed by atoms with Crippen LogP contribution in [-0.4, -0.2) is 36.6 Å². The first-order chi connectivity index (χ1) is 4.70. The maximum absolute atomic E-state index is 9.19. The molecule has 1 N–H and O–H groups in total. The molecule has 3 nitrogen and oxygen atoms in total. The van der Waals surface area contributed by atoms with Crippen molar-refractivity contribution < 1.29 is 14.6 Å². The largest absolute Gasteiger partial charge is 0.388 e. The molecule has 1 fully saturated rings. The Morgan fingerprint density at radius 2 is 2.20 bits per heavy atom. The molecule has 0 spiro atoms. The summed E-state index contributed by atoms with van der Waals surface area (Å²) in [5.41, 5.74) is 0. The summed E-state index contributed by atoms with van der Waals surface area (Å²) in [6.45, 7) is 4.84. The van der Waals surface area contributed by atoms with Crippen molar-refractivity contribution in [3.05, 3.63) is 0 Å². The number of ether oxygens (including phenoxy) is 2. The molecule has 3 heteroatoms. The van der Waals surface area contributed by atoms with Crippen LogP contribution in [0.3, 0.4) is 0 Å². The predicted molar refractivity (Wildman–Crippen MR) is 36.8 cm³/mol. The summed E-state index contributed by atoms with van der Waals surface area (Å²) in [4.78, 5) is 0. The summed E-state index contributed by atoms with van der Waals surface area (Å²) < 4.78 is 10.3. The van der Waals surface area contributed by atoms with Gasteiger partial charge in [0.25, 0.3) is 0 Å². The zero-order chi connectivity index (χ0) is 7.56. The van der Waals surface area contributed by atoms with E-state index in [-0.39, 0.29) is 12.2 Å². The molecule has 1 heterocycles. The molecule has 1 aliphatic heterocycles. The highest BCUT2D eigenvalue weighted by atomic mass is 16.6. The quantitative estimate of drug-likeness (QED) is 0.603. The van der Waals surface area contributed by atoms with Crippen molar-refractivity contribution in [1.82, 2.24) is 0 Å². The van der Waals surface area contributed by atoms with Crippen molar-refractivity contribution in [2.24, 2.45) is 0 Å². The third-order valence-corrected chi connectivity index (χ3v) is 1.45. The first-order valence-corrected chi connectivity index (χ1v) is 3.61. The maximum atomic E-state index is 9.19. The van der Waals surface area contributed by atoms with E-state index in [1.807, 2.05) is 13.8 Å². The van der Waals surface area contributed by atoms with E-state index < -0.39 is 6.10 Å². The van der Waals surface area contributed by atoms with Gasteiger partial charge in [0, 0.05) is 0 Å². The highest BCUT2D eigenvalue weighted by Gasteiger charge is 2.27. The van der Waals surface area contributed by atoms with E-state index >= 15 is 0 Å². The standard InChI is InChI=1S/C7H14O3/c1-5(2)10-7-4-9-3-6(7)8/h5-8H,3-4H2,1-2H3/t6-,7+/m0/s1. The molecule has 60 valence electrons. The average Bonchev–Trinajstić information content (AvgIpc) is 2.15. The number of aliphatic hydroxyl groups excluding tert-OH is 1. The smallest absolute Gasteiger partial charge is 0.109 e. The summed E-state index contributed by atoms with van der Waals surface area (Å²) in [7, 11) is 0. The van der Waals surface area contributed by atoms with Gasteiger partial charge < -0.3 is 14.6 Å². The Morgan fingerprint density at radius 1 is 1.50 bits per heavy atom. The van der Waals surface area contributed by atoms with Crippen molar-refractivity contribution in [2.45, 2.75) is 32.2 Å². The molecule has 1 saturated heterocycles. The lowest BCUT2D eigenvalue weighted by Crippen LogP contribution is -2.29. The molecule has 2 atom stereocenters. The first kappa shape index (κ1) is 7.98. The summed E-state index contributed by atoms with van der Waals surface area (Å²) >= 11 is 0. The molecule has 0 aromatic rings. The molecule has 10 heavy (non-hydrogen) atoms. The molecule has 1 rings (SSSR count). The molecular formula is C7H14O3. The first-order valence-electron chi connectivity index (χ1n) is 3.61. The fourth-order valence-corrected chi connectivity index (χ4v) is 1.00. The fourth-order valence-electron chi connectivity index (χ4n) is 1.00. The fraction of sp³-hybridized carbons (Fsp3) is 1.00. The minimum atomic E-state index is -0.428. The second-order valence-electron chi connectivity index (χ2n) is 2.83. The van der Waals surface area contributed by atoms with E-state index in [9.17, 15) is 5.11 Å². The molecular weight excluding hydrogens is 132 g/mol. The van der Waals surface area contributed by atoms with Gasteiger partial charge in [0.15, 0.2) is 0 Å². The number of hydrogen-bond acceptors (Lipinski definition) is 3. The van der Waals surface area contributed by atoms with Gasteiger partial charge in [-0.1, -0.05) is 0 Å².